The van der Waals surface area contributed by atoms with Crippen LogP contribution in [0.4, 0.5) is 10.5 Å². The van der Waals surface area contributed by atoms with Crippen molar-refractivity contribution in [3.63, 3.8) is 0 Å². The Morgan fingerprint density at radius 2 is 1.76 bits per heavy atom. The number of amides is 3. The lowest BCUT2D eigenvalue weighted by molar-refractivity contribution is -0.132. The van der Waals surface area contributed by atoms with Crippen LogP contribution >= 0.6 is 0 Å². The molecule has 1 aromatic rings. The highest BCUT2D eigenvalue weighted by atomic mass is 16.6. The van der Waals surface area contributed by atoms with E-state index in [1.54, 1.807) is 14.7 Å². The van der Waals surface area contributed by atoms with Gasteiger partial charge in [-0.05, 0) is 45.4 Å². The van der Waals surface area contributed by atoms with E-state index in [-0.39, 0.29) is 30.9 Å². The van der Waals surface area contributed by atoms with E-state index in [1.165, 1.54) is 0 Å². The van der Waals surface area contributed by atoms with E-state index in [0.29, 0.717) is 44.2 Å². The zero-order valence-electron chi connectivity index (χ0n) is 17.6. The molecule has 158 valence electrons. The summed E-state index contributed by atoms with van der Waals surface area (Å²) < 4.78 is 10.9. The molecular formula is C21H29N3O5. The van der Waals surface area contributed by atoms with Gasteiger partial charge in [-0.1, -0.05) is 6.07 Å². The van der Waals surface area contributed by atoms with Crippen LogP contribution in [0.3, 0.4) is 0 Å². The molecule has 1 saturated heterocycles. The van der Waals surface area contributed by atoms with Gasteiger partial charge in [-0.3, -0.25) is 9.59 Å². The highest BCUT2D eigenvalue weighted by Gasteiger charge is 2.29. The second kappa shape index (κ2) is 8.31. The van der Waals surface area contributed by atoms with Gasteiger partial charge in [0.15, 0.2) is 6.61 Å². The monoisotopic (exact) mass is 403 g/mol. The summed E-state index contributed by atoms with van der Waals surface area (Å²) in [5.41, 5.74) is 1.20. The third-order valence-electron chi connectivity index (χ3n) is 4.89. The molecular weight excluding hydrogens is 374 g/mol. The molecule has 3 amide bonds. The molecule has 8 nitrogen and oxygen atoms in total. The molecule has 0 unspecified atom stereocenters. The summed E-state index contributed by atoms with van der Waals surface area (Å²) >= 11 is 0. The van der Waals surface area contributed by atoms with E-state index in [4.69, 9.17) is 9.47 Å². The number of ether oxygens (including phenoxy) is 2. The molecule has 1 aromatic carbocycles. The van der Waals surface area contributed by atoms with Crippen LogP contribution in [0.5, 0.6) is 5.75 Å². The Kier molecular flexibility index (Phi) is 6.00. The average Bonchev–Trinajstić information content (AvgIpc) is 2.65. The Labute approximate surface area is 171 Å². The van der Waals surface area contributed by atoms with Gasteiger partial charge in [-0.25, -0.2) is 4.79 Å². The Balaban J connectivity index is 1.53. The first-order valence-electron chi connectivity index (χ1n) is 9.93. The predicted molar refractivity (Wildman–Crippen MR) is 108 cm³/mol. The fourth-order valence-electron chi connectivity index (χ4n) is 3.39. The summed E-state index contributed by atoms with van der Waals surface area (Å²) in [5.74, 6) is 0.488. The Morgan fingerprint density at radius 3 is 2.41 bits per heavy atom. The number of nitrogens with zero attached hydrogens (tertiary/aromatic N) is 3. The Bertz CT molecular complexity index is 794. The van der Waals surface area contributed by atoms with Gasteiger partial charge in [0.2, 0.25) is 5.91 Å². The number of carbonyl (C=O) groups is 3. The number of anilines is 1. The maximum absolute atomic E-state index is 12.7. The molecule has 0 N–H and O–H groups in total. The van der Waals surface area contributed by atoms with Gasteiger partial charge in [-0.2, -0.15) is 0 Å². The van der Waals surface area contributed by atoms with Gasteiger partial charge < -0.3 is 24.2 Å². The highest BCUT2D eigenvalue weighted by Crippen LogP contribution is 2.32. The Hall–Kier alpha value is -2.77. The molecule has 0 atom stereocenters. The van der Waals surface area contributed by atoms with Crippen molar-refractivity contribution in [3.8, 4) is 5.75 Å². The van der Waals surface area contributed by atoms with E-state index in [0.717, 1.165) is 5.56 Å². The number of rotatable bonds is 3. The summed E-state index contributed by atoms with van der Waals surface area (Å²) in [6.45, 7) is 9.55. The quantitative estimate of drug-likeness (QED) is 0.773. The number of aryl methyl sites for hydroxylation is 1. The first-order valence-corrected chi connectivity index (χ1v) is 9.93. The highest BCUT2D eigenvalue weighted by molar-refractivity contribution is 5.98. The van der Waals surface area contributed by atoms with Crippen molar-refractivity contribution < 1.29 is 23.9 Å². The van der Waals surface area contributed by atoms with Crippen LogP contribution in [-0.2, 0) is 14.3 Å². The molecule has 0 aliphatic carbocycles. The van der Waals surface area contributed by atoms with Gasteiger partial charge in [0.1, 0.15) is 11.4 Å². The van der Waals surface area contributed by atoms with Gasteiger partial charge >= 0.3 is 6.09 Å². The van der Waals surface area contributed by atoms with Gasteiger partial charge in [-0.15, -0.1) is 0 Å². The second-order valence-corrected chi connectivity index (χ2v) is 8.40. The number of benzene rings is 1. The van der Waals surface area contributed by atoms with Crippen LogP contribution in [0.15, 0.2) is 18.2 Å². The van der Waals surface area contributed by atoms with Gasteiger partial charge in [0.05, 0.1) is 5.69 Å². The molecule has 0 spiro atoms. The fourth-order valence-corrected chi connectivity index (χ4v) is 3.39. The third kappa shape index (κ3) is 5.19. The summed E-state index contributed by atoms with van der Waals surface area (Å²) in [4.78, 5) is 42.1. The molecule has 3 rings (SSSR count). The topological polar surface area (TPSA) is 79.4 Å². The van der Waals surface area contributed by atoms with E-state index in [1.807, 2.05) is 45.9 Å². The number of carbonyl (C=O) groups excluding carboxylic acids is 3. The number of piperazine rings is 1. The van der Waals surface area contributed by atoms with Crippen LogP contribution in [0.2, 0.25) is 0 Å². The predicted octanol–water partition coefficient (Wildman–Crippen LogP) is 2.19. The minimum atomic E-state index is -0.538. The lowest BCUT2D eigenvalue weighted by Crippen LogP contribution is -2.52. The zero-order chi connectivity index (χ0) is 21.2. The molecule has 1 fully saturated rings. The molecule has 8 heteroatoms. The van der Waals surface area contributed by atoms with Crippen molar-refractivity contribution in [1.29, 1.82) is 0 Å². The van der Waals surface area contributed by atoms with Crippen molar-refractivity contribution >= 4 is 23.6 Å². The third-order valence-corrected chi connectivity index (χ3v) is 4.89. The first kappa shape index (κ1) is 21.0. The number of fused-ring (bicyclic) bond motifs is 1. The molecule has 0 bridgehead atoms. The van der Waals surface area contributed by atoms with Crippen molar-refractivity contribution in [2.24, 2.45) is 0 Å². The normalized spacial score (nSPS) is 17.0. The van der Waals surface area contributed by atoms with E-state index >= 15 is 0 Å². The first-order chi connectivity index (χ1) is 13.6. The van der Waals surface area contributed by atoms with E-state index in [2.05, 4.69) is 0 Å². The van der Waals surface area contributed by atoms with Crippen molar-refractivity contribution in [3.05, 3.63) is 23.8 Å². The van der Waals surface area contributed by atoms with E-state index in [9.17, 15) is 14.4 Å². The number of hydrogen-bond donors (Lipinski definition) is 0. The molecule has 2 heterocycles. The fraction of sp³-hybridized carbons (Fsp3) is 0.571. The minimum Gasteiger partial charge on any atom is -0.482 e. The van der Waals surface area contributed by atoms with Crippen LogP contribution in [0, 0.1) is 6.92 Å². The molecule has 2 aliphatic heterocycles. The lowest BCUT2D eigenvalue weighted by Gasteiger charge is -2.36. The maximum atomic E-state index is 12.7. The lowest BCUT2D eigenvalue weighted by atomic mass is 10.1. The molecule has 0 radical (unpaired) electrons. The molecule has 0 aromatic heterocycles. The Morgan fingerprint density at radius 1 is 1.10 bits per heavy atom. The smallest absolute Gasteiger partial charge is 0.410 e. The van der Waals surface area contributed by atoms with Crippen LogP contribution < -0.4 is 9.64 Å². The summed E-state index contributed by atoms with van der Waals surface area (Å²) in [5, 5.41) is 0. The summed E-state index contributed by atoms with van der Waals surface area (Å²) in [6.07, 6.45) is -0.124. The number of hydrogen-bond acceptors (Lipinski definition) is 5. The van der Waals surface area contributed by atoms with Crippen LogP contribution in [0.25, 0.3) is 0 Å². The minimum absolute atomic E-state index is 0.0151. The zero-order valence-corrected chi connectivity index (χ0v) is 17.6. The van der Waals surface area contributed by atoms with Gasteiger partial charge in [0, 0.05) is 39.1 Å². The SMILES string of the molecule is Cc1ccc2c(c1)N(CCC(=O)N1CCN(C(=O)OC(C)(C)C)CC1)C(=O)CO2. The van der Waals surface area contributed by atoms with Crippen LogP contribution in [0.1, 0.15) is 32.8 Å². The average molecular weight is 403 g/mol. The maximum Gasteiger partial charge on any atom is 0.410 e. The van der Waals surface area contributed by atoms with Crippen molar-refractivity contribution in [2.45, 2.75) is 39.7 Å². The van der Waals surface area contributed by atoms with Crippen LogP contribution in [-0.4, -0.2) is 72.6 Å². The largest absolute Gasteiger partial charge is 0.482 e. The van der Waals surface area contributed by atoms with Crippen molar-refractivity contribution in [2.75, 3.05) is 44.2 Å². The second-order valence-electron chi connectivity index (χ2n) is 8.40. The molecule has 0 saturated carbocycles. The van der Waals surface area contributed by atoms with Gasteiger partial charge in [0.25, 0.3) is 5.91 Å². The standard InChI is InChI=1S/C21H29N3O5/c1-15-5-6-17-16(13-15)24(19(26)14-28-17)8-7-18(25)22-9-11-23(12-10-22)20(27)29-21(2,3)4/h5-6,13H,7-12,14H2,1-4H3. The molecule has 29 heavy (non-hydrogen) atoms. The van der Waals surface area contributed by atoms with E-state index < -0.39 is 5.60 Å². The summed E-state index contributed by atoms with van der Waals surface area (Å²) in [7, 11) is 0. The molecule has 2 aliphatic rings. The summed E-state index contributed by atoms with van der Waals surface area (Å²) in [6, 6.07) is 5.68. The van der Waals surface area contributed by atoms with Crippen molar-refractivity contribution in [1.82, 2.24) is 9.80 Å².